The van der Waals surface area contributed by atoms with E-state index >= 15 is 0 Å². The number of ether oxygens (including phenoxy) is 1. The van der Waals surface area contributed by atoms with Crippen LogP contribution in [0.1, 0.15) is 36.1 Å². The molecular weight excluding hydrogens is 448 g/mol. The third-order valence-corrected chi connectivity index (χ3v) is 7.29. The van der Waals surface area contributed by atoms with E-state index in [4.69, 9.17) is 4.74 Å². The molecule has 0 saturated heterocycles. The number of rotatable bonds is 10. The highest BCUT2D eigenvalue weighted by atomic mass is 32.2. The highest BCUT2D eigenvalue weighted by Gasteiger charge is 2.27. The van der Waals surface area contributed by atoms with Crippen LogP contribution in [-0.2, 0) is 34.1 Å². The maximum atomic E-state index is 13.5. The van der Waals surface area contributed by atoms with Crippen LogP contribution in [-0.4, -0.2) is 27.5 Å². The summed E-state index contributed by atoms with van der Waals surface area (Å²) in [5.74, 6) is 0.203. The van der Waals surface area contributed by atoms with Crippen molar-refractivity contribution in [3.63, 3.8) is 0 Å². The van der Waals surface area contributed by atoms with Crippen LogP contribution in [0.15, 0.2) is 71.6 Å². The molecule has 180 valence electrons. The summed E-state index contributed by atoms with van der Waals surface area (Å²) < 4.78 is 34.4. The molecule has 0 saturated carbocycles. The second kappa shape index (κ2) is 11.3. The molecule has 0 bridgehead atoms. The van der Waals surface area contributed by atoms with Crippen molar-refractivity contribution in [2.45, 2.75) is 51.0 Å². The highest BCUT2D eigenvalue weighted by Crippen LogP contribution is 2.24. The van der Waals surface area contributed by atoms with E-state index in [1.54, 1.807) is 19.1 Å². The van der Waals surface area contributed by atoms with Crippen LogP contribution in [0.3, 0.4) is 0 Å². The summed E-state index contributed by atoms with van der Waals surface area (Å²) in [7, 11) is -2.43. The first-order valence-corrected chi connectivity index (χ1v) is 12.9. The second-order valence-electron chi connectivity index (χ2n) is 8.14. The Morgan fingerprint density at radius 3 is 2.15 bits per heavy atom. The van der Waals surface area contributed by atoms with Gasteiger partial charge in [0.15, 0.2) is 0 Å². The molecule has 34 heavy (non-hydrogen) atoms. The topological polar surface area (TPSA) is 84.5 Å². The van der Waals surface area contributed by atoms with Crippen LogP contribution in [0.4, 0.5) is 5.69 Å². The molecule has 0 aliphatic heterocycles. The number of hydrogen-bond donors (Lipinski definition) is 2. The molecule has 1 atom stereocenters. The van der Waals surface area contributed by atoms with Crippen molar-refractivity contribution < 1.29 is 17.9 Å². The molecule has 0 radical (unpaired) electrons. The number of carbonyl (C=O) groups excluding carboxylic acids is 1. The third kappa shape index (κ3) is 6.04. The average molecular weight is 481 g/mol. The van der Waals surface area contributed by atoms with E-state index in [9.17, 15) is 13.2 Å². The minimum atomic E-state index is -3.96. The van der Waals surface area contributed by atoms with Gasteiger partial charge in [-0.15, -0.1) is 0 Å². The fourth-order valence-electron chi connectivity index (χ4n) is 3.92. The number of sulfonamides is 1. The van der Waals surface area contributed by atoms with Gasteiger partial charge in [-0.2, -0.15) is 4.72 Å². The van der Waals surface area contributed by atoms with Crippen LogP contribution in [0.2, 0.25) is 0 Å². The number of benzene rings is 3. The lowest BCUT2D eigenvalue weighted by atomic mass is 10.0. The number of para-hydroxylation sites is 1. The van der Waals surface area contributed by atoms with Gasteiger partial charge >= 0.3 is 0 Å². The first-order chi connectivity index (χ1) is 16.3. The fraction of sp³-hybridized carbons (Fsp3) is 0.296. The van der Waals surface area contributed by atoms with Crippen LogP contribution in [0.5, 0.6) is 5.75 Å². The van der Waals surface area contributed by atoms with Gasteiger partial charge in [0.2, 0.25) is 15.9 Å². The Bertz CT molecular complexity index is 1220. The normalized spacial score (nSPS) is 12.2. The van der Waals surface area contributed by atoms with E-state index in [-0.39, 0.29) is 11.3 Å². The maximum Gasteiger partial charge on any atom is 0.242 e. The van der Waals surface area contributed by atoms with Crippen molar-refractivity contribution in [3.05, 3.63) is 89.0 Å². The Kier molecular flexibility index (Phi) is 8.47. The molecule has 0 unspecified atom stereocenters. The number of methoxy groups -OCH3 is 1. The van der Waals surface area contributed by atoms with Crippen molar-refractivity contribution in [2.24, 2.45) is 0 Å². The monoisotopic (exact) mass is 480 g/mol. The van der Waals surface area contributed by atoms with Gasteiger partial charge in [-0.3, -0.25) is 4.79 Å². The van der Waals surface area contributed by atoms with E-state index < -0.39 is 22.0 Å². The summed E-state index contributed by atoms with van der Waals surface area (Å²) in [4.78, 5) is 13.6. The third-order valence-electron chi connectivity index (χ3n) is 5.82. The molecule has 0 aromatic heterocycles. The second-order valence-corrected chi connectivity index (χ2v) is 9.86. The Labute approximate surface area is 202 Å². The van der Waals surface area contributed by atoms with E-state index in [0.29, 0.717) is 11.3 Å². The van der Waals surface area contributed by atoms with Crippen molar-refractivity contribution in [1.82, 2.24) is 4.72 Å². The number of amides is 1. The molecule has 3 rings (SSSR count). The summed E-state index contributed by atoms with van der Waals surface area (Å²) in [6, 6.07) is 18.9. The van der Waals surface area contributed by atoms with Gasteiger partial charge in [0, 0.05) is 5.69 Å². The number of aryl methyl sites for hydroxylation is 3. The molecule has 1 amide bonds. The average Bonchev–Trinajstić information content (AvgIpc) is 2.84. The first kappa shape index (κ1) is 25.5. The number of hydrogen-bond acceptors (Lipinski definition) is 4. The highest BCUT2D eigenvalue weighted by molar-refractivity contribution is 7.89. The molecule has 6 nitrogen and oxygen atoms in total. The molecule has 0 fully saturated rings. The Morgan fingerprint density at radius 2 is 1.59 bits per heavy atom. The van der Waals surface area contributed by atoms with Gasteiger partial charge in [-0.25, -0.2) is 8.42 Å². The predicted molar refractivity (Wildman–Crippen MR) is 136 cm³/mol. The Hall–Kier alpha value is -3.16. The number of carbonyl (C=O) groups is 1. The summed E-state index contributed by atoms with van der Waals surface area (Å²) in [5.41, 5.74) is 4.34. The molecule has 7 heteroatoms. The lowest BCUT2D eigenvalue weighted by Crippen LogP contribution is -2.45. The summed E-state index contributed by atoms with van der Waals surface area (Å²) in [6.07, 6.45) is 1.73. The molecule has 0 spiro atoms. The molecule has 3 aromatic carbocycles. The fourth-order valence-corrected chi connectivity index (χ4v) is 5.20. The van der Waals surface area contributed by atoms with E-state index in [1.165, 1.54) is 13.2 Å². The van der Waals surface area contributed by atoms with Crippen molar-refractivity contribution in [3.8, 4) is 5.75 Å². The van der Waals surface area contributed by atoms with Crippen molar-refractivity contribution in [2.75, 3.05) is 12.4 Å². The molecule has 2 N–H and O–H groups in total. The number of nitrogens with one attached hydrogen (secondary N) is 2. The van der Waals surface area contributed by atoms with Crippen LogP contribution in [0.25, 0.3) is 0 Å². The van der Waals surface area contributed by atoms with E-state index in [1.807, 2.05) is 62.4 Å². The Morgan fingerprint density at radius 1 is 0.941 bits per heavy atom. The van der Waals surface area contributed by atoms with Gasteiger partial charge in [0.05, 0.1) is 12.0 Å². The molecular formula is C27H32N2O4S. The van der Waals surface area contributed by atoms with E-state index in [2.05, 4.69) is 10.0 Å². The van der Waals surface area contributed by atoms with Crippen molar-refractivity contribution >= 4 is 21.6 Å². The minimum absolute atomic E-state index is 0.0832. The number of anilines is 1. The smallest absolute Gasteiger partial charge is 0.242 e. The molecule has 0 heterocycles. The summed E-state index contributed by atoms with van der Waals surface area (Å²) in [6.45, 7) is 5.83. The molecule has 0 aliphatic carbocycles. The Balaban J connectivity index is 1.94. The van der Waals surface area contributed by atoms with Crippen LogP contribution in [0, 0.1) is 6.92 Å². The van der Waals surface area contributed by atoms with Gasteiger partial charge < -0.3 is 10.1 Å². The largest absolute Gasteiger partial charge is 0.496 e. The lowest BCUT2D eigenvalue weighted by molar-refractivity contribution is -0.117. The van der Waals surface area contributed by atoms with E-state index in [0.717, 1.165) is 35.2 Å². The predicted octanol–water partition coefficient (Wildman–Crippen LogP) is 4.66. The first-order valence-electron chi connectivity index (χ1n) is 11.4. The quantitative estimate of drug-likeness (QED) is 0.442. The van der Waals surface area contributed by atoms with Gasteiger partial charge in [-0.05, 0) is 66.6 Å². The lowest BCUT2D eigenvalue weighted by Gasteiger charge is -2.21. The molecule has 3 aromatic rings. The zero-order valence-electron chi connectivity index (χ0n) is 20.1. The summed E-state index contributed by atoms with van der Waals surface area (Å²) >= 11 is 0. The van der Waals surface area contributed by atoms with Gasteiger partial charge in [0.1, 0.15) is 11.8 Å². The maximum absolute atomic E-state index is 13.5. The molecule has 0 aliphatic rings. The van der Waals surface area contributed by atoms with Crippen molar-refractivity contribution in [1.29, 1.82) is 0 Å². The van der Waals surface area contributed by atoms with Gasteiger partial charge in [0.25, 0.3) is 0 Å². The SMILES string of the molecule is CCc1cccc(CC)c1NC(=O)[C@@H](Cc1ccccc1)NS(=O)(=O)c1ccc(OC)c(C)c1. The zero-order chi connectivity index (χ0) is 24.7. The van der Waals surface area contributed by atoms with Crippen LogP contribution < -0.4 is 14.8 Å². The zero-order valence-corrected chi connectivity index (χ0v) is 20.9. The van der Waals surface area contributed by atoms with Crippen LogP contribution >= 0.6 is 0 Å². The van der Waals surface area contributed by atoms with Gasteiger partial charge in [-0.1, -0.05) is 62.4 Å². The summed E-state index contributed by atoms with van der Waals surface area (Å²) in [5, 5.41) is 3.02. The standard InChI is InChI=1S/C27H32N2O4S/c1-5-21-13-10-14-22(6-2)26(21)28-27(30)24(18-20-11-8-7-9-12-20)29-34(31,32)23-15-16-25(33-4)19(3)17-23/h7-17,24,29H,5-6,18H2,1-4H3,(H,28,30)/t24-/m1/s1. The minimum Gasteiger partial charge on any atom is -0.496 e.